The Bertz CT molecular complexity index is 475. The maximum absolute atomic E-state index is 12.4. The molecule has 0 aliphatic rings. The maximum Gasteiger partial charge on any atom is 0.316 e. The number of methoxy groups -OCH3 is 1. The van der Waals surface area contributed by atoms with Crippen LogP contribution in [0.2, 0.25) is 0 Å². The highest BCUT2D eigenvalue weighted by Gasteiger charge is 2.27. The van der Waals surface area contributed by atoms with Crippen molar-refractivity contribution in [1.82, 2.24) is 0 Å². The van der Waals surface area contributed by atoms with Crippen LogP contribution in [0.5, 0.6) is 0 Å². The Hall–Kier alpha value is -1.64. The molecule has 0 aliphatic heterocycles. The van der Waals surface area contributed by atoms with E-state index in [0.29, 0.717) is 12.0 Å². The summed E-state index contributed by atoms with van der Waals surface area (Å²) in [7, 11) is 1.31. The smallest absolute Gasteiger partial charge is 0.316 e. The van der Waals surface area contributed by atoms with E-state index in [0.717, 1.165) is 16.7 Å². The molecule has 0 aromatic heterocycles. The fourth-order valence-electron chi connectivity index (χ4n) is 2.01. The average Bonchev–Trinajstić information content (AvgIpc) is 2.36. The van der Waals surface area contributed by atoms with E-state index in [9.17, 15) is 9.59 Å². The van der Waals surface area contributed by atoms with Crippen LogP contribution in [0.25, 0.3) is 0 Å². The molecule has 1 atom stereocenters. The summed E-state index contributed by atoms with van der Waals surface area (Å²) < 4.78 is 4.68. The zero-order valence-electron chi connectivity index (χ0n) is 11.7. The highest BCUT2D eigenvalue weighted by atomic mass is 16.5. The lowest BCUT2D eigenvalue weighted by Gasteiger charge is -2.15. The number of benzene rings is 1. The number of Topliss-reactive ketones (excluding diaryl/α,β-unsaturated/α-hetero) is 1. The van der Waals surface area contributed by atoms with Crippen molar-refractivity contribution in [3.63, 3.8) is 0 Å². The Morgan fingerprint density at radius 2 is 1.78 bits per heavy atom. The maximum atomic E-state index is 12.4. The van der Waals surface area contributed by atoms with Crippen LogP contribution in [0.3, 0.4) is 0 Å². The second-order valence-electron chi connectivity index (χ2n) is 4.53. The molecule has 0 spiro atoms. The fraction of sp³-hybridized carbons (Fsp3) is 0.467. The van der Waals surface area contributed by atoms with Gasteiger partial charge in [0, 0.05) is 5.56 Å². The van der Waals surface area contributed by atoms with Crippen LogP contribution < -0.4 is 0 Å². The molecule has 0 radical (unpaired) electrons. The number of aryl methyl sites for hydroxylation is 1. The molecule has 18 heavy (non-hydrogen) atoms. The Balaban J connectivity index is 3.18. The molecule has 0 saturated heterocycles. The van der Waals surface area contributed by atoms with Gasteiger partial charge in [0.2, 0.25) is 0 Å². The molecule has 0 amide bonds. The number of rotatable bonds is 4. The van der Waals surface area contributed by atoms with E-state index in [1.807, 2.05) is 33.8 Å². The van der Waals surface area contributed by atoms with Gasteiger partial charge in [0.15, 0.2) is 5.78 Å². The highest BCUT2D eigenvalue weighted by Crippen LogP contribution is 2.22. The number of ether oxygens (including phenoxy) is 1. The number of esters is 1. The lowest BCUT2D eigenvalue weighted by atomic mass is 9.89. The summed E-state index contributed by atoms with van der Waals surface area (Å²) in [6, 6.07) is 3.71. The first-order valence-corrected chi connectivity index (χ1v) is 6.12. The topological polar surface area (TPSA) is 43.4 Å². The van der Waals surface area contributed by atoms with Gasteiger partial charge in [-0.25, -0.2) is 0 Å². The Morgan fingerprint density at radius 1 is 1.17 bits per heavy atom. The lowest BCUT2D eigenvalue weighted by Crippen LogP contribution is -2.25. The van der Waals surface area contributed by atoms with Crippen LogP contribution in [-0.2, 0) is 9.53 Å². The van der Waals surface area contributed by atoms with Crippen LogP contribution in [-0.4, -0.2) is 18.9 Å². The molecule has 0 aliphatic carbocycles. The molecule has 3 heteroatoms. The molecule has 98 valence electrons. The van der Waals surface area contributed by atoms with Crippen molar-refractivity contribution in [2.45, 2.75) is 34.1 Å². The third-order valence-electron chi connectivity index (χ3n) is 3.53. The van der Waals surface area contributed by atoms with Gasteiger partial charge in [0.05, 0.1) is 7.11 Å². The predicted octanol–water partition coefficient (Wildman–Crippen LogP) is 2.99. The minimum absolute atomic E-state index is 0.148. The Morgan fingerprint density at radius 3 is 2.28 bits per heavy atom. The van der Waals surface area contributed by atoms with Gasteiger partial charge in [-0.05, 0) is 43.9 Å². The minimum atomic E-state index is -0.698. The van der Waals surface area contributed by atoms with E-state index in [1.165, 1.54) is 7.11 Å². The van der Waals surface area contributed by atoms with Gasteiger partial charge in [0.25, 0.3) is 0 Å². The van der Waals surface area contributed by atoms with Crippen LogP contribution >= 0.6 is 0 Å². The number of hydrogen-bond acceptors (Lipinski definition) is 3. The first kappa shape index (κ1) is 14.4. The number of carbonyl (C=O) groups excluding carboxylic acids is 2. The zero-order chi connectivity index (χ0) is 13.9. The standard InChI is InChI=1S/C15H20O3/c1-6-12(15(17)18-5)14(16)13-8-7-9(2)10(3)11(13)4/h7-8,12H,6H2,1-5H3. The van der Waals surface area contributed by atoms with Gasteiger partial charge in [-0.2, -0.15) is 0 Å². The highest BCUT2D eigenvalue weighted by molar-refractivity contribution is 6.09. The summed E-state index contributed by atoms with van der Waals surface area (Å²) in [5.41, 5.74) is 3.81. The van der Waals surface area contributed by atoms with E-state index >= 15 is 0 Å². The monoisotopic (exact) mass is 248 g/mol. The molecule has 1 aromatic rings. The predicted molar refractivity (Wildman–Crippen MR) is 70.8 cm³/mol. The van der Waals surface area contributed by atoms with Crippen molar-refractivity contribution >= 4 is 11.8 Å². The average molecular weight is 248 g/mol. The fourth-order valence-corrected chi connectivity index (χ4v) is 2.01. The van der Waals surface area contributed by atoms with Crippen molar-refractivity contribution < 1.29 is 14.3 Å². The van der Waals surface area contributed by atoms with Crippen LogP contribution in [0.4, 0.5) is 0 Å². The normalized spacial score (nSPS) is 12.1. The second kappa shape index (κ2) is 5.80. The largest absolute Gasteiger partial charge is 0.468 e. The van der Waals surface area contributed by atoms with Gasteiger partial charge in [0.1, 0.15) is 5.92 Å². The van der Waals surface area contributed by atoms with E-state index in [4.69, 9.17) is 0 Å². The number of carbonyl (C=O) groups is 2. The van der Waals surface area contributed by atoms with Crippen LogP contribution in [0.1, 0.15) is 40.4 Å². The summed E-state index contributed by atoms with van der Waals surface area (Å²) in [5.74, 6) is -1.30. The van der Waals surface area contributed by atoms with Crippen molar-refractivity contribution in [2.75, 3.05) is 7.11 Å². The first-order chi connectivity index (χ1) is 8.43. The summed E-state index contributed by atoms with van der Waals surface area (Å²) in [6.45, 7) is 7.73. The minimum Gasteiger partial charge on any atom is -0.468 e. The summed E-state index contributed by atoms with van der Waals surface area (Å²) in [5, 5.41) is 0. The van der Waals surface area contributed by atoms with Gasteiger partial charge in [-0.1, -0.05) is 19.1 Å². The third kappa shape index (κ3) is 2.61. The quantitative estimate of drug-likeness (QED) is 0.467. The molecule has 0 heterocycles. The summed E-state index contributed by atoms with van der Waals surface area (Å²) in [4.78, 5) is 23.9. The molecule has 0 bridgehead atoms. The van der Waals surface area contributed by atoms with E-state index < -0.39 is 11.9 Å². The Labute approximate surface area is 108 Å². The zero-order valence-corrected chi connectivity index (χ0v) is 11.7. The van der Waals surface area contributed by atoms with Crippen molar-refractivity contribution in [3.05, 3.63) is 34.4 Å². The summed E-state index contributed by atoms with van der Waals surface area (Å²) in [6.07, 6.45) is 0.456. The van der Waals surface area contributed by atoms with Crippen molar-refractivity contribution in [2.24, 2.45) is 5.92 Å². The summed E-state index contributed by atoms with van der Waals surface area (Å²) >= 11 is 0. The molecule has 0 saturated carbocycles. The lowest BCUT2D eigenvalue weighted by molar-refractivity contribution is -0.143. The molecule has 1 unspecified atom stereocenters. The first-order valence-electron chi connectivity index (χ1n) is 6.12. The van der Waals surface area contributed by atoms with Crippen LogP contribution in [0, 0.1) is 26.7 Å². The number of hydrogen-bond donors (Lipinski definition) is 0. The molecule has 3 nitrogen and oxygen atoms in total. The third-order valence-corrected chi connectivity index (χ3v) is 3.53. The molecule has 0 fully saturated rings. The molecule has 1 aromatic carbocycles. The molecular formula is C15H20O3. The van der Waals surface area contributed by atoms with E-state index in [1.54, 1.807) is 6.07 Å². The Kier molecular flexibility index (Phi) is 4.65. The SMILES string of the molecule is CCC(C(=O)OC)C(=O)c1ccc(C)c(C)c1C. The molecular weight excluding hydrogens is 228 g/mol. The number of ketones is 1. The van der Waals surface area contributed by atoms with Crippen LogP contribution in [0.15, 0.2) is 12.1 Å². The second-order valence-corrected chi connectivity index (χ2v) is 4.53. The van der Waals surface area contributed by atoms with Gasteiger partial charge in [-0.3, -0.25) is 9.59 Å². The molecule has 1 rings (SSSR count). The van der Waals surface area contributed by atoms with Crippen molar-refractivity contribution in [1.29, 1.82) is 0 Å². The van der Waals surface area contributed by atoms with Gasteiger partial charge >= 0.3 is 5.97 Å². The molecule has 0 N–H and O–H groups in total. The van der Waals surface area contributed by atoms with Gasteiger partial charge in [-0.15, -0.1) is 0 Å². The van der Waals surface area contributed by atoms with Crippen molar-refractivity contribution in [3.8, 4) is 0 Å². The van der Waals surface area contributed by atoms with Gasteiger partial charge < -0.3 is 4.74 Å². The van der Waals surface area contributed by atoms with E-state index in [2.05, 4.69) is 4.74 Å². The van der Waals surface area contributed by atoms with E-state index in [-0.39, 0.29) is 5.78 Å².